The fourth-order valence-electron chi connectivity index (χ4n) is 1.68. The average molecular weight is 349 g/mol. The number of aromatic nitrogens is 1. The predicted molar refractivity (Wildman–Crippen MR) is 82.2 cm³/mol. The Hall–Kier alpha value is -1.51. The van der Waals surface area contributed by atoms with Crippen LogP contribution < -0.4 is 14.2 Å². The van der Waals surface area contributed by atoms with Crippen LogP contribution in [-0.2, 0) is 10.0 Å². The van der Waals surface area contributed by atoms with Crippen molar-refractivity contribution in [3.63, 3.8) is 0 Å². The van der Waals surface area contributed by atoms with Crippen molar-refractivity contribution in [1.29, 1.82) is 0 Å². The molecule has 0 fully saturated rings. The van der Waals surface area contributed by atoms with Crippen LogP contribution in [-0.4, -0.2) is 27.6 Å². The zero-order chi connectivity index (χ0) is 15.6. The molecule has 114 valence electrons. The molecule has 0 atom stereocenters. The highest BCUT2D eigenvalue weighted by Crippen LogP contribution is 2.33. The molecule has 21 heavy (non-hydrogen) atoms. The van der Waals surface area contributed by atoms with Crippen molar-refractivity contribution < 1.29 is 17.9 Å². The number of rotatable bonds is 5. The van der Waals surface area contributed by atoms with Crippen LogP contribution in [0.4, 0.5) is 5.69 Å². The van der Waals surface area contributed by atoms with Crippen molar-refractivity contribution in [2.75, 3.05) is 18.9 Å². The van der Waals surface area contributed by atoms with Gasteiger partial charge in [0.05, 0.1) is 25.6 Å². The van der Waals surface area contributed by atoms with Gasteiger partial charge in [0, 0.05) is 6.07 Å². The number of aryl methyl sites for hydroxylation is 1. The first-order valence-electron chi connectivity index (χ1n) is 5.75. The molecule has 0 radical (unpaired) electrons. The van der Waals surface area contributed by atoms with E-state index in [1.165, 1.54) is 20.3 Å². The van der Waals surface area contributed by atoms with Gasteiger partial charge in [-0.05, 0) is 19.1 Å². The summed E-state index contributed by atoms with van der Waals surface area (Å²) in [7, 11) is -0.849. The molecule has 0 aliphatic rings. The normalized spacial score (nSPS) is 11.2. The minimum absolute atomic E-state index is 0.0670. The quantitative estimate of drug-likeness (QED) is 0.898. The van der Waals surface area contributed by atoms with Crippen LogP contribution in [0.3, 0.4) is 0 Å². The van der Waals surface area contributed by atoms with Gasteiger partial charge in [-0.3, -0.25) is 4.72 Å². The van der Waals surface area contributed by atoms with E-state index >= 15 is 0 Å². The van der Waals surface area contributed by atoms with Gasteiger partial charge >= 0.3 is 0 Å². The number of nitrogens with one attached hydrogen (secondary N) is 1. The second-order valence-electron chi connectivity index (χ2n) is 4.01. The van der Waals surface area contributed by atoms with Gasteiger partial charge in [0.1, 0.15) is 11.5 Å². The lowest BCUT2D eigenvalue weighted by molar-refractivity contribution is 0.405. The molecule has 0 aliphatic heterocycles. The second kappa shape index (κ2) is 6.08. The van der Waals surface area contributed by atoms with Crippen LogP contribution in [0.15, 0.2) is 22.4 Å². The first-order chi connectivity index (χ1) is 9.87. The Balaban J connectivity index is 2.43. The third kappa shape index (κ3) is 3.39. The molecule has 0 bridgehead atoms. The molecular weight excluding hydrogens is 336 g/mol. The van der Waals surface area contributed by atoms with Crippen molar-refractivity contribution in [3.8, 4) is 11.5 Å². The average Bonchev–Trinajstić information content (AvgIpc) is 2.78. The third-order valence-electron chi connectivity index (χ3n) is 2.62. The molecule has 1 heterocycles. The summed E-state index contributed by atoms with van der Waals surface area (Å²) in [6.45, 7) is 1.58. The number of sulfonamides is 1. The molecule has 0 amide bonds. The molecule has 0 spiro atoms. The molecular formula is C12H13ClN2O4S2. The smallest absolute Gasteiger partial charge is 0.273 e. The van der Waals surface area contributed by atoms with Gasteiger partial charge < -0.3 is 9.47 Å². The lowest BCUT2D eigenvalue weighted by atomic mass is 10.3. The van der Waals surface area contributed by atoms with Gasteiger partial charge in [-0.1, -0.05) is 22.9 Å². The van der Waals surface area contributed by atoms with E-state index in [4.69, 9.17) is 21.1 Å². The summed E-state index contributed by atoms with van der Waals surface area (Å²) in [6, 6.07) is 4.82. The molecule has 2 rings (SSSR count). The molecule has 0 unspecified atom stereocenters. The van der Waals surface area contributed by atoms with Crippen LogP contribution in [0.5, 0.6) is 11.5 Å². The van der Waals surface area contributed by atoms with Crippen LogP contribution >= 0.6 is 22.9 Å². The summed E-state index contributed by atoms with van der Waals surface area (Å²) in [4.78, 5) is 3.90. The Labute approximate surface area is 131 Å². The van der Waals surface area contributed by atoms with E-state index in [1.807, 2.05) is 0 Å². The monoisotopic (exact) mass is 348 g/mol. The fourth-order valence-corrected chi connectivity index (χ4v) is 4.49. The summed E-state index contributed by atoms with van der Waals surface area (Å²) in [5.41, 5.74) is 0.625. The number of thiazole rings is 1. The Kier molecular flexibility index (Phi) is 4.60. The Morgan fingerprint density at radius 1 is 1.29 bits per heavy atom. The van der Waals surface area contributed by atoms with E-state index in [1.54, 1.807) is 19.1 Å². The highest BCUT2D eigenvalue weighted by molar-refractivity contribution is 7.94. The van der Waals surface area contributed by atoms with Gasteiger partial charge in [0.2, 0.25) is 0 Å². The highest BCUT2D eigenvalue weighted by Gasteiger charge is 2.23. The van der Waals surface area contributed by atoms with Crippen LogP contribution in [0.2, 0.25) is 4.47 Å². The first kappa shape index (κ1) is 15.9. The summed E-state index contributed by atoms with van der Waals surface area (Å²) in [6.07, 6.45) is 0. The number of benzene rings is 1. The zero-order valence-corrected chi connectivity index (χ0v) is 13.9. The maximum atomic E-state index is 12.4. The maximum Gasteiger partial charge on any atom is 0.273 e. The molecule has 0 saturated carbocycles. The predicted octanol–water partition coefficient (Wildman–Crippen LogP) is 2.92. The molecule has 1 N–H and O–H groups in total. The third-order valence-corrected chi connectivity index (χ3v) is 5.86. The lowest BCUT2D eigenvalue weighted by Gasteiger charge is -2.12. The van der Waals surface area contributed by atoms with Crippen molar-refractivity contribution in [1.82, 2.24) is 4.98 Å². The van der Waals surface area contributed by atoms with Gasteiger partial charge in [-0.25, -0.2) is 13.4 Å². The molecule has 0 aliphatic carbocycles. The number of anilines is 1. The molecule has 9 heteroatoms. The molecule has 2 aromatic rings. The number of ether oxygens (including phenoxy) is 2. The van der Waals surface area contributed by atoms with Crippen molar-refractivity contribution in [2.24, 2.45) is 0 Å². The molecule has 6 nitrogen and oxygen atoms in total. The number of methoxy groups -OCH3 is 2. The van der Waals surface area contributed by atoms with Crippen molar-refractivity contribution in [3.05, 3.63) is 28.4 Å². The van der Waals surface area contributed by atoms with Gasteiger partial charge in [-0.2, -0.15) is 0 Å². The number of hydrogen-bond donors (Lipinski definition) is 1. The van der Waals surface area contributed by atoms with E-state index in [0.29, 0.717) is 17.2 Å². The standard InChI is InChI=1S/C12H13ClN2O4S2/c1-7-11(20-12(13)14-7)21(16,17)15-9-6-8(18-2)4-5-10(9)19-3/h4-6,15H,1-3H3. The van der Waals surface area contributed by atoms with E-state index < -0.39 is 10.0 Å². The Bertz CT molecular complexity index is 759. The topological polar surface area (TPSA) is 77.5 Å². The Morgan fingerprint density at radius 3 is 2.52 bits per heavy atom. The van der Waals surface area contributed by atoms with Crippen LogP contribution in [0.1, 0.15) is 5.69 Å². The number of hydrogen-bond acceptors (Lipinski definition) is 6. The number of halogens is 1. The zero-order valence-electron chi connectivity index (χ0n) is 11.5. The van der Waals surface area contributed by atoms with Gasteiger partial charge in [0.25, 0.3) is 10.0 Å². The maximum absolute atomic E-state index is 12.4. The van der Waals surface area contributed by atoms with E-state index in [-0.39, 0.29) is 14.4 Å². The summed E-state index contributed by atoms with van der Waals surface area (Å²) in [5, 5.41) is 0. The lowest BCUT2D eigenvalue weighted by Crippen LogP contribution is -2.13. The van der Waals surface area contributed by atoms with Crippen LogP contribution in [0, 0.1) is 6.92 Å². The largest absolute Gasteiger partial charge is 0.497 e. The molecule has 1 aromatic heterocycles. The van der Waals surface area contributed by atoms with E-state index in [9.17, 15) is 8.42 Å². The minimum Gasteiger partial charge on any atom is -0.497 e. The number of nitrogens with zero attached hydrogens (tertiary/aromatic N) is 1. The van der Waals surface area contributed by atoms with Gasteiger partial charge in [-0.15, -0.1) is 0 Å². The van der Waals surface area contributed by atoms with E-state index in [2.05, 4.69) is 9.71 Å². The Morgan fingerprint density at radius 2 is 2.00 bits per heavy atom. The van der Waals surface area contributed by atoms with Gasteiger partial charge in [0.15, 0.2) is 8.68 Å². The molecule has 0 saturated heterocycles. The summed E-state index contributed by atoms with van der Waals surface area (Å²) < 4.78 is 37.7. The van der Waals surface area contributed by atoms with Crippen molar-refractivity contribution >= 4 is 38.6 Å². The highest BCUT2D eigenvalue weighted by atomic mass is 35.5. The first-order valence-corrected chi connectivity index (χ1v) is 8.43. The molecule has 1 aromatic carbocycles. The summed E-state index contributed by atoms with van der Waals surface area (Å²) >= 11 is 6.65. The van der Waals surface area contributed by atoms with E-state index in [0.717, 1.165) is 11.3 Å². The van der Waals surface area contributed by atoms with Crippen LogP contribution in [0.25, 0.3) is 0 Å². The SMILES string of the molecule is COc1ccc(OC)c(NS(=O)(=O)c2sc(Cl)nc2C)c1. The van der Waals surface area contributed by atoms with Crippen molar-refractivity contribution in [2.45, 2.75) is 11.1 Å². The second-order valence-corrected chi connectivity index (χ2v) is 7.47. The minimum atomic E-state index is -3.79. The summed E-state index contributed by atoms with van der Waals surface area (Å²) in [5.74, 6) is 0.889. The fraction of sp³-hybridized carbons (Fsp3) is 0.250.